The Morgan fingerprint density at radius 1 is 1.12 bits per heavy atom. The molecule has 2 aromatic carbocycles. The zero-order valence-electron chi connectivity index (χ0n) is 13.9. The Kier molecular flexibility index (Phi) is 5.02. The number of aromatic amines is 1. The monoisotopic (exact) mass is 354 g/mol. The second-order valence-electron chi connectivity index (χ2n) is 5.66. The normalized spacial score (nSPS) is 10.6. The van der Waals surface area contributed by atoms with Crippen molar-refractivity contribution in [2.45, 2.75) is 13.0 Å². The van der Waals surface area contributed by atoms with E-state index in [1.165, 1.54) is 12.1 Å². The highest BCUT2D eigenvalue weighted by Gasteiger charge is 2.09. The number of ether oxygens (including phenoxy) is 1. The second kappa shape index (κ2) is 7.56. The Bertz CT molecular complexity index is 988. The molecule has 0 aliphatic carbocycles. The van der Waals surface area contributed by atoms with Gasteiger partial charge in [-0.1, -0.05) is 12.1 Å². The molecule has 3 rings (SSSR count). The molecule has 0 aliphatic rings. The number of benzene rings is 2. The number of nitrogens with two attached hydrogens (primary N) is 1. The number of esters is 1. The predicted molar refractivity (Wildman–Crippen MR) is 97.1 cm³/mol. The summed E-state index contributed by atoms with van der Waals surface area (Å²) in [6, 6.07) is 12.9. The van der Waals surface area contributed by atoms with Gasteiger partial charge in [-0.2, -0.15) is 0 Å². The number of nitrogens with one attached hydrogen (secondary N) is 2. The number of carbonyl (C=O) groups excluding carboxylic acids is 2. The number of amides is 2. The summed E-state index contributed by atoms with van der Waals surface area (Å²) in [7, 11) is 0. The van der Waals surface area contributed by atoms with Gasteiger partial charge in [-0.3, -0.25) is 4.57 Å². The lowest BCUT2D eigenvalue weighted by atomic mass is 10.2. The zero-order valence-corrected chi connectivity index (χ0v) is 13.9. The maximum absolute atomic E-state index is 12.0. The Balaban J connectivity index is 1.53. The van der Waals surface area contributed by atoms with Crippen LogP contribution in [0.5, 0.6) is 0 Å². The lowest BCUT2D eigenvalue weighted by molar-refractivity contribution is 0.0496. The molecule has 0 saturated heterocycles. The minimum atomic E-state index is -0.673. The highest BCUT2D eigenvalue weighted by molar-refractivity contribution is 5.91. The van der Waals surface area contributed by atoms with E-state index in [2.05, 4.69) is 10.3 Å². The molecule has 1 aromatic heterocycles. The van der Waals surface area contributed by atoms with Gasteiger partial charge in [0.1, 0.15) is 0 Å². The summed E-state index contributed by atoms with van der Waals surface area (Å²) >= 11 is 0. The number of hydrogen-bond acceptors (Lipinski definition) is 4. The number of aromatic nitrogens is 2. The van der Waals surface area contributed by atoms with Gasteiger partial charge in [0.25, 0.3) is 0 Å². The molecule has 0 unspecified atom stereocenters. The number of carbonyl (C=O) groups is 2. The minimum Gasteiger partial charge on any atom is -0.462 e. The van der Waals surface area contributed by atoms with Crippen molar-refractivity contribution in [2.24, 2.45) is 5.73 Å². The molecule has 0 radical (unpaired) electrons. The van der Waals surface area contributed by atoms with Crippen LogP contribution in [0.1, 0.15) is 16.8 Å². The summed E-state index contributed by atoms with van der Waals surface area (Å²) in [6.45, 7) is 0.629. The van der Waals surface area contributed by atoms with Gasteiger partial charge in [-0.25, -0.2) is 14.4 Å². The topological polar surface area (TPSA) is 119 Å². The first-order valence-corrected chi connectivity index (χ1v) is 8.06. The number of para-hydroxylation sites is 2. The number of hydrogen-bond donors (Lipinski definition) is 3. The molecule has 8 heteroatoms. The van der Waals surface area contributed by atoms with E-state index in [1.807, 2.05) is 24.3 Å². The average molecular weight is 354 g/mol. The van der Waals surface area contributed by atoms with Crippen LogP contribution in [0.2, 0.25) is 0 Å². The maximum atomic E-state index is 12.0. The summed E-state index contributed by atoms with van der Waals surface area (Å²) < 4.78 is 6.84. The van der Waals surface area contributed by atoms with Gasteiger partial charge < -0.3 is 20.8 Å². The van der Waals surface area contributed by atoms with Crippen LogP contribution in [0.3, 0.4) is 0 Å². The third kappa shape index (κ3) is 3.92. The van der Waals surface area contributed by atoms with E-state index in [-0.39, 0.29) is 12.3 Å². The summed E-state index contributed by atoms with van der Waals surface area (Å²) in [5.41, 5.74) is 7.29. The van der Waals surface area contributed by atoms with Crippen molar-refractivity contribution in [1.82, 2.24) is 9.55 Å². The Hall–Kier alpha value is -3.55. The minimum absolute atomic E-state index is 0.185. The van der Waals surface area contributed by atoms with Gasteiger partial charge in [-0.05, 0) is 42.8 Å². The van der Waals surface area contributed by atoms with E-state index in [1.54, 1.807) is 16.7 Å². The Labute approximate surface area is 148 Å². The number of rotatable bonds is 6. The molecule has 0 fully saturated rings. The van der Waals surface area contributed by atoms with Gasteiger partial charge in [0.2, 0.25) is 0 Å². The molecule has 8 nitrogen and oxygen atoms in total. The molecule has 0 atom stereocenters. The fraction of sp³-hybridized carbons (Fsp3) is 0.167. The Morgan fingerprint density at radius 3 is 2.58 bits per heavy atom. The number of nitrogens with zero attached hydrogens (tertiary/aromatic N) is 1. The molecule has 1 heterocycles. The molecular weight excluding hydrogens is 336 g/mol. The number of urea groups is 1. The van der Waals surface area contributed by atoms with Crippen LogP contribution in [0.4, 0.5) is 10.5 Å². The van der Waals surface area contributed by atoms with Crippen LogP contribution in [0.25, 0.3) is 11.0 Å². The molecule has 4 N–H and O–H groups in total. The SMILES string of the molecule is NC(=O)Nc1ccc(C(=O)OCCCn2c(=O)[nH]c3ccccc32)cc1. The molecule has 0 saturated carbocycles. The molecule has 0 spiro atoms. The first-order chi connectivity index (χ1) is 12.5. The molecule has 134 valence electrons. The van der Waals surface area contributed by atoms with E-state index in [9.17, 15) is 14.4 Å². The van der Waals surface area contributed by atoms with Crippen LogP contribution < -0.4 is 16.7 Å². The first-order valence-electron chi connectivity index (χ1n) is 8.06. The quantitative estimate of drug-likeness (QED) is 0.464. The summed E-state index contributed by atoms with van der Waals surface area (Å²) in [5, 5.41) is 2.41. The lowest BCUT2D eigenvalue weighted by Crippen LogP contribution is -2.19. The van der Waals surface area contributed by atoms with Crippen molar-refractivity contribution in [3.63, 3.8) is 0 Å². The van der Waals surface area contributed by atoms with Crippen LogP contribution in [0.15, 0.2) is 53.3 Å². The molecular formula is C18H18N4O4. The van der Waals surface area contributed by atoms with Crippen LogP contribution in [-0.4, -0.2) is 28.2 Å². The standard InChI is InChI=1S/C18H18N4O4/c19-17(24)20-13-8-6-12(7-9-13)16(23)26-11-3-10-22-15-5-2-1-4-14(15)21-18(22)25/h1-2,4-9H,3,10-11H2,(H,21,25)(H3,19,20,24). The third-order valence-electron chi connectivity index (χ3n) is 3.83. The van der Waals surface area contributed by atoms with Crippen molar-refractivity contribution in [1.29, 1.82) is 0 Å². The van der Waals surface area contributed by atoms with Gasteiger partial charge in [0.05, 0.1) is 23.2 Å². The zero-order chi connectivity index (χ0) is 18.5. The molecule has 3 aromatic rings. The number of anilines is 1. The van der Waals surface area contributed by atoms with E-state index in [0.717, 1.165) is 11.0 Å². The van der Waals surface area contributed by atoms with E-state index in [4.69, 9.17) is 10.5 Å². The van der Waals surface area contributed by atoms with Gasteiger partial charge in [0, 0.05) is 12.2 Å². The number of imidazole rings is 1. The van der Waals surface area contributed by atoms with Crippen molar-refractivity contribution in [2.75, 3.05) is 11.9 Å². The fourth-order valence-corrected chi connectivity index (χ4v) is 2.63. The number of aryl methyl sites for hydroxylation is 1. The van der Waals surface area contributed by atoms with E-state index >= 15 is 0 Å². The smallest absolute Gasteiger partial charge is 0.338 e. The average Bonchev–Trinajstić information content (AvgIpc) is 2.94. The number of fused-ring (bicyclic) bond motifs is 1. The molecule has 0 aliphatic heterocycles. The molecule has 26 heavy (non-hydrogen) atoms. The summed E-state index contributed by atoms with van der Waals surface area (Å²) in [4.78, 5) is 37.5. The van der Waals surface area contributed by atoms with Crippen molar-refractivity contribution < 1.29 is 14.3 Å². The van der Waals surface area contributed by atoms with Gasteiger partial charge >= 0.3 is 17.7 Å². The first kappa shape index (κ1) is 17.3. The highest BCUT2D eigenvalue weighted by atomic mass is 16.5. The lowest BCUT2D eigenvalue weighted by Gasteiger charge is -2.07. The third-order valence-corrected chi connectivity index (χ3v) is 3.83. The Morgan fingerprint density at radius 2 is 1.85 bits per heavy atom. The number of H-pyrrole nitrogens is 1. The van der Waals surface area contributed by atoms with Crippen LogP contribution in [-0.2, 0) is 11.3 Å². The highest BCUT2D eigenvalue weighted by Crippen LogP contribution is 2.11. The van der Waals surface area contributed by atoms with Crippen molar-refractivity contribution in [3.8, 4) is 0 Å². The van der Waals surface area contributed by atoms with Gasteiger partial charge in [0.15, 0.2) is 0 Å². The summed E-state index contributed by atoms with van der Waals surface area (Å²) in [5.74, 6) is -0.470. The summed E-state index contributed by atoms with van der Waals surface area (Å²) in [6.07, 6.45) is 0.509. The van der Waals surface area contributed by atoms with Crippen molar-refractivity contribution >= 4 is 28.7 Å². The van der Waals surface area contributed by atoms with E-state index in [0.29, 0.717) is 24.2 Å². The maximum Gasteiger partial charge on any atom is 0.338 e. The molecule has 0 bridgehead atoms. The molecule has 2 amide bonds. The van der Waals surface area contributed by atoms with Crippen LogP contribution in [0, 0.1) is 0 Å². The predicted octanol–water partition coefficient (Wildman–Crippen LogP) is 2.07. The van der Waals surface area contributed by atoms with Crippen molar-refractivity contribution in [3.05, 3.63) is 64.6 Å². The van der Waals surface area contributed by atoms with Crippen LogP contribution >= 0.6 is 0 Å². The largest absolute Gasteiger partial charge is 0.462 e. The van der Waals surface area contributed by atoms with E-state index < -0.39 is 12.0 Å². The second-order valence-corrected chi connectivity index (χ2v) is 5.66. The number of primary amides is 1. The fourth-order valence-electron chi connectivity index (χ4n) is 2.63. The van der Waals surface area contributed by atoms with Gasteiger partial charge in [-0.15, -0.1) is 0 Å².